The lowest BCUT2D eigenvalue weighted by Crippen LogP contribution is -2.16. The molecule has 0 bridgehead atoms. The molecule has 0 atom stereocenters. The van der Waals surface area contributed by atoms with Gasteiger partial charge in [-0.25, -0.2) is 5.48 Å². The molecule has 78 valence electrons. The Bertz CT molecular complexity index is 226. The summed E-state index contributed by atoms with van der Waals surface area (Å²) < 4.78 is 0. The van der Waals surface area contributed by atoms with Crippen LogP contribution in [0.25, 0.3) is 0 Å². The Morgan fingerprint density at radius 1 is 1.14 bits per heavy atom. The monoisotopic (exact) mass is 195 g/mol. The number of hydroxylamine groups is 1. The minimum absolute atomic E-state index is 0.250. The molecule has 0 unspecified atom stereocenters. The van der Waals surface area contributed by atoms with E-state index in [4.69, 9.17) is 9.94 Å². The van der Waals surface area contributed by atoms with Gasteiger partial charge >= 0.3 is 0 Å². The van der Waals surface area contributed by atoms with Gasteiger partial charge < -0.3 is 5.11 Å². The Morgan fingerprint density at radius 3 is 2.64 bits per heavy atom. The van der Waals surface area contributed by atoms with Crippen LogP contribution < -0.4 is 5.48 Å². The van der Waals surface area contributed by atoms with Gasteiger partial charge in [-0.1, -0.05) is 30.3 Å². The normalized spacial score (nSPS) is 10.4. The fourth-order valence-electron chi connectivity index (χ4n) is 1.09. The molecule has 1 aromatic carbocycles. The minimum atomic E-state index is 0.250. The van der Waals surface area contributed by atoms with Gasteiger partial charge in [0.2, 0.25) is 0 Å². The highest BCUT2D eigenvalue weighted by Gasteiger charge is 1.91. The van der Waals surface area contributed by atoms with Crippen LogP contribution in [0, 0.1) is 0 Å². The van der Waals surface area contributed by atoms with E-state index in [0.717, 1.165) is 24.9 Å². The zero-order valence-electron chi connectivity index (χ0n) is 8.28. The minimum Gasteiger partial charge on any atom is -0.396 e. The largest absolute Gasteiger partial charge is 0.396 e. The lowest BCUT2D eigenvalue weighted by atomic mass is 10.2. The number of benzene rings is 1. The first-order valence-corrected chi connectivity index (χ1v) is 4.93. The van der Waals surface area contributed by atoms with E-state index in [1.54, 1.807) is 0 Å². The first-order chi connectivity index (χ1) is 6.93. The number of nitrogens with one attached hydrogen (secondary N) is 1. The standard InChI is InChI=1S/C11H17NO2/c13-9-5-4-8-12-14-10-11-6-2-1-3-7-11/h1-3,6-7,12-13H,4-5,8-10H2. The topological polar surface area (TPSA) is 41.5 Å². The molecule has 0 saturated carbocycles. The van der Waals surface area contributed by atoms with Crippen molar-refractivity contribution in [3.63, 3.8) is 0 Å². The smallest absolute Gasteiger partial charge is 0.0933 e. The fraction of sp³-hybridized carbons (Fsp3) is 0.455. The van der Waals surface area contributed by atoms with Crippen LogP contribution in [0.2, 0.25) is 0 Å². The first kappa shape index (κ1) is 11.2. The Balaban J connectivity index is 1.99. The maximum absolute atomic E-state index is 8.53. The average Bonchev–Trinajstić information content (AvgIpc) is 2.25. The summed E-state index contributed by atoms with van der Waals surface area (Å²) >= 11 is 0. The number of unbranched alkanes of at least 4 members (excludes halogenated alkanes) is 1. The quantitative estimate of drug-likeness (QED) is 0.511. The van der Waals surface area contributed by atoms with E-state index >= 15 is 0 Å². The van der Waals surface area contributed by atoms with Crippen molar-refractivity contribution in [1.29, 1.82) is 0 Å². The predicted molar refractivity (Wildman–Crippen MR) is 55.6 cm³/mol. The molecule has 3 nitrogen and oxygen atoms in total. The second-order valence-electron chi connectivity index (χ2n) is 3.10. The van der Waals surface area contributed by atoms with E-state index in [1.807, 2.05) is 30.3 Å². The summed E-state index contributed by atoms with van der Waals surface area (Å²) in [6, 6.07) is 10.0. The Labute approximate surface area is 84.7 Å². The molecule has 0 heterocycles. The van der Waals surface area contributed by atoms with Crippen LogP contribution in [-0.2, 0) is 11.4 Å². The second-order valence-corrected chi connectivity index (χ2v) is 3.10. The van der Waals surface area contributed by atoms with Gasteiger partial charge in [-0.15, -0.1) is 0 Å². The summed E-state index contributed by atoms with van der Waals surface area (Å²) in [6.07, 6.45) is 1.76. The van der Waals surface area contributed by atoms with E-state index in [0.29, 0.717) is 6.61 Å². The Hall–Kier alpha value is -0.900. The van der Waals surface area contributed by atoms with Crippen LogP contribution in [0.15, 0.2) is 30.3 Å². The van der Waals surface area contributed by atoms with Crippen LogP contribution in [-0.4, -0.2) is 18.3 Å². The van der Waals surface area contributed by atoms with Gasteiger partial charge in [-0.05, 0) is 18.4 Å². The maximum atomic E-state index is 8.53. The molecular formula is C11H17NO2. The molecule has 0 radical (unpaired) electrons. The molecule has 0 amide bonds. The van der Waals surface area contributed by atoms with Crippen molar-refractivity contribution >= 4 is 0 Å². The highest BCUT2D eigenvalue weighted by molar-refractivity contribution is 5.13. The van der Waals surface area contributed by atoms with Crippen LogP contribution in [0.4, 0.5) is 0 Å². The molecule has 0 aliphatic heterocycles. The van der Waals surface area contributed by atoms with Gasteiger partial charge in [-0.3, -0.25) is 4.84 Å². The predicted octanol–water partition coefficient (Wildman–Crippen LogP) is 1.48. The molecule has 0 fully saturated rings. The summed E-state index contributed by atoms with van der Waals surface area (Å²) in [4.78, 5) is 5.23. The van der Waals surface area contributed by atoms with Crippen molar-refractivity contribution in [2.75, 3.05) is 13.2 Å². The van der Waals surface area contributed by atoms with E-state index in [9.17, 15) is 0 Å². The van der Waals surface area contributed by atoms with Crippen molar-refractivity contribution in [2.24, 2.45) is 0 Å². The number of rotatable bonds is 7. The third-order valence-electron chi connectivity index (χ3n) is 1.87. The van der Waals surface area contributed by atoms with Crippen LogP contribution >= 0.6 is 0 Å². The highest BCUT2D eigenvalue weighted by Crippen LogP contribution is 1.98. The average molecular weight is 195 g/mol. The summed E-state index contributed by atoms with van der Waals surface area (Å²) in [6.45, 7) is 1.62. The molecule has 1 aromatic rings. The molecule has 0 aromatic heterocycles. The SMILES string of the molecule is OCCCCNOCc1ccccc1. The zero-order valence-corrected chi connectivity index (χ0v) is 8.28. The highest BCUT2D eigenvalue weighted by atomic mass is 16.6. The third kappa shape index (κ3) is 4.97. The molecule has 0 saturated heterocycles. The molecule has 2 N–H and O–H groups in total. The van der Waals surface area contributed by atoms with E-state index in [2.05, 4.69) is 5.48 Å². The van der Waals surface area contributed by atoms with Crippen molar-refractivity contribution < 1.29 is 9.94 Å². The van der Waals surface area contributed by atoms with Gasteiger partial charge in [-0.2, -0.15) is 0 Å². The van der Waals surface area contributed by atoms with Gasteiger partial charge in [0.25, 0.3) is 0 Å². The van der Waals surface area contributed by atoms with Gasteiger partial charge in [0.05, 0.1) is 6.61 Å². The number of hydrogen-bond donors (Lipinski definition) is 2. The zero-order chi connectivity index (χ0) is 10.1. The van der Waals surface area contributed by atoms with Crippen LogP contribution in [0.1, 0.15) is 18.4 Å². The van der Waals surface area contributed by atoms with Crippen LogP contribution in [0.3, 0.4) is 0 Å². The summed E-state index contributed by atoms with van der Waals surface area (Å²) in [5.41, 5.74) is 4.01. The Kier molecular flexibility index (Phi) is 5.99. The number of aliphatic hydroxyl groups is 1. The molecule has 1 rings (SSSR count). The van der Waals surface area contributed by atoms with Crippen molar-refractivity contribution in [3.8, 4) is 0 Å². The molecule has 0 aliphatic rings. The van der Waals surface area contributed by atoms with E-state index < -0.39 is 0 Å². The lowest BCUT2D eigenvalue weighted by molar-refractivity contribution is 0.0267. The Morgan fingerprint density at radius 2 is 1.93 bits per heavy atom. The number of hydrogen-bond acceptors (Lipinski definition) is 3. The fourth-order valence-corrected chi connectivity index (χ4v) is 1.09. The van der Waals surface area contributed by atoms with Gasteiger partial charge in [0, 0.05) is 13.2 Å². The van der Waals surface area contributed by atoms with E-state index in [-0.39, 0.29) is 6.61 Å². The van der Waals surface area contributed by atoms with E-state index in [1.165, 1.54) is 0 Å². The molecule has 3 heteroatoms. The molecule has 14 heavy (non-hydrogen) atoms. The van der Waals surface area contributed by atoms with Crippen molar-refractivity contribution in [3.05, 3.63) is 35.9 Å². The summed E-state index contributed by atoms with van der Waals surface area (Å²) in [5.74, 6) is 0. The number of aliphatic hydroxyl groups excluding tert-OH is 1. The third-order valence-corrected chi connectivity index (χ3v) is 1.87. The summed E-state index contributed by atoms with van der Waals surface area (Å²) in [7, 11) is 0. The van der Waals surface area contributed by atoms with Crippen LogP contribution in [0.5, 0.6) is 0 Å². The molecule has 0 aliphatic carbocycles. The van der Waals surface area contributed by atoms with Gasteiger partial charge in [0.15, 0.2) is 0 Å². The van der Waals surface area contributed by atoms with Crippen molar-refractivity contribution in [1.82, 2.24) is 5.48 Å². The lowest BCUT2D eigenvalue weighted by Gasteiger charge is -2.04. The summed E-state index contributed by atoms with van der Waals surface area (Å²) in [5, 5.41) is 8.53. The molecule has 0 spiro atoms. The first-order valence-electron chi connectivity index (χ1n) is 4.93. The van der Waals surface area contributed by atoms with Gasteiger partial charge in [0.1, 0.15) is 0 Å². The second kappa shape index (κ2) is 7.50. The van der Waals surface area contributed by atoms with Crippen molar-refractivity contribution in [2.45, 2.75) is 19.4 Å². The maximum Gasteiger partial charge on any atom is 0.0933 e. The molecular weight excluding hydrogens is 178 g/mol.